The molecule has 2 nitrogen and oxygen atoms in total. The van der Waals surface area contributed by atoms with Crippen LogP contribution in [-0.4, -0.2) is 12.4 Å². The van der Waals surface area contributed by atoms with E-state index < -0.39 is 0 Å². The van der Waals surface area contributed by atoms with E-state index in [9.17, 15) is 4.79 Å². The average molecular weight is 333 g/mol. The van der Waals surface area contributed by atoms with Gasteiger partial charge in [-0.1, -0.05) is 30.7 Å². The first-order valence-corrected chi connectivity index (χ1v) is 7.45. The van der Waals surface area contributed by atoms with E-state index in [1.54, 1.807) is 6.07 Å². The molecule has 0 fully saturated rings. The summed E-state index contributed by atoms with van der Waals surface area (Å²) in [7, 11) is 0. The third kappa shape index (κ3) is 3.48. The van der Waals surface area contributed by atoms with Crippen molar-refractivity contribution in [3.63, 3.8) is 0 Å². The van der Waals surface area contributed by atoms with Gasteiger partial charge in [0.2, 0.25) is 0 Å². The van der Waals surface area contributed by atoms with E-state index in [0.717, 1.165) is 22.2 Å². The van der Waals surface area contributed by atoms with Crippen LogP contribution in [-0.2, 0) is 0 Å². The quantitative estimate of drug-likeness (QED) is 0.736. The summed E-state index contributed by atoms with van der Waals surface area (Å²) >= 11 is 3.46. The Balaban J connectivity index is 2.25. The number of carbonyl (C=O) groups excluding carboxylic acids is 1. The number of benzene rings is 2. The van der Waals surface area contributed by atoms with Crippen LogP contribution in [0.4, 0.5) is 0 Å². The summed E-state index contributed by atoms with van der Waals surface area (Å²) in [5, 5.41) is 0. The summed E-state index contributed by atoms with van der Waals surface area (Å²) in [4.78, 5) is 12.4. The molecule has 104 valence electrons. The molecule has 2 aromatic rings. The fraction of sp³-hybridized carbons (Fsp3) is 0.235. The van der Waals surface area contributed by atoms with Crippen LogP contribution in [0.1, 0.15) is 34.8 Å². The van der Waals surface area contributed by atoms with Gasteiger partial charge in [-0.05, 0) is 53.5 Å². The van der Waals surface area contributed by atoms with Crippen molar-refractivity contribution in [2.45, 2.75) is 20.3 Å². The Morgan fingerprint density at radius 2 is 1.90 bits per heavy atom. The smallest absolute Gasteiger partial charge is 0.193 e. The highest BCUT2D eigenvalue weighted by atomic mass is 79.9. The van der Waals surface area contributed by atoms with Gasteiger partial charge >= 0.3 is 0 Å². The maximum Gasteiger partial charge on any atom is 0.193 e. The maximum atomic E-state index is 12.4. The van der Waals surface area contributed by atoms with Gasteiger partial charge < -0.3 is 4.74 Å². The highest BCUT2D eigenvalue weighted by Crippen LogP contribution is 2.27. The van der Waals surface area contributed by atoms with Crippen molar-refractivity contribution < 1.29 is 9.53 Å². The molecular formula is C17H17BrO2. The second-order valence-corrected chi connectivity index (χ2v) is 5.55. The number of aryl methyl sites for hydroxylation is 1. The van der Waals surface area contributed by atoms with Crippen LogP contribution in [0.15, 0.2) is 46.9 Å². The summed E-state index contributed by atoms with van der Waals surface area (Å²) in [6.45, 7) is 4.71. The second kappa shape index (κ2) is 6.71. The highest BCUT2D eigenvalue weighted by molar-refractivity contribution is 9.10. The lowest BCUT2D eigenvalue weighted by molar-refractivity contribution is 0.103. The van der Waals surface area contributed by atoms with E-state index in [1.165, 1.54) is 0 Å². The average Bonchev–Trinajstić information content (AvgIpc) is 2.45. The van der Waals surface area contributed by atoms with Gasteiger partial charge in [0.05, 0.1) is 11.1 Å². The molecule has 0 saturated carbocycles. The van der Waals surface area contributed by atoms with E-state index >= 15 is 0 Å². The Morgan fingerprint density at radius 1 is 1.15 bits per heavy atom. The van der Waals surface area contributed by atoms with Crippen LogP contribution in [0, 0.1) is 6.92 Å². The standard InChI is InChI=1S/C17H17BrO2/c1-3-9-20-16-8-7-14(11-15(16)18)17(19)13-6-4-5-12(2)10-13/h4-8,10-11H,3,9H2,1-2H3. The molecule has 0 spiro atoms. The number of ketones is 1. The largest absolute Gasteiger partial charge is 0.492 e. The van der Waals surface area contributed by atoms with E-state index in [4.69, 9.17) is 4.74 Å². The molecule has 0 N–H and O–H groups in total. The summed E-state index contributed by atoms with van der Waals surface area (Å²) in [6.07, 6.45) is 0.955. The van der Waals surface area contributed by atoms with Gasteiger partial charge in [0.15, 0.2) is 5.78 Å². The Bertz CT molecular complexity index is 620. The number of ether oxygens (including phenoxy) is 1. The molecule has 0 unspecified atom stereocenters. The predicted octanol–water partition coefficient (Wildman–Crippen LogP) is 4.78. The minimum atomic E-state index is 0.0245. The zero-order valence-corrected chi connectivity index (χ0v) is 13.2. The predicted molar refractivity (Wildman–Crippen MR) is 84.5 cm³/mol. The monoisotopic (exact) mass is 332 g/mol. The SMILES string of the molecule is CCCOc1ccc(C(=O)c2cccc(C)c2)cc1Br. The number of halogens is 1. The minimum absolute atomic E-state index is 0.0245. The Labute approximate surface area is 127 Å². The first-order valence-electron chi connectivity index (χ1n) is 6.65. The van der Waals surface area contributed by atoms with Crippen molar-refractivity contribution in [2.75, 3.05) is 6.61 Å². The second-order valence-electron chi connectivity index (χ2n) is 4.69. The highest BCUT2D eigenvalue weighted by Gasteiger charge is 2.11. The molecule has 0 heterocycles. The van der Waals surface area contributed by atoms with Gasteiger partial charge in [-0.25, -0.2) is 0 Å². The number of hydrogen-bond donors (Lipinski definition) is 0. The zero-order chi connectivity index (χ0) is 14.5. The van der Waals surface area contributed by atoms with Gasteiger partial charge in [-0.15, -0.1) is 0 Å². The van der Waals surface area contributed by atoms with Crippen LogP contribution < -0.4 is 4.74 Å². The Kier molecular flexibility index (Phi) is 4.96. The summed E-state index contributed by atoms with van der Waals surface area (Å²) in [5.74, 6) is 0.795. The first kappa shape index (κ1) is 14.8. The number of carbonyl (C=O) groups is 1. The topological polar surface area (TPSA) is 26.3 Å². The van der Waals surface area contributed by atoms with Gasteiger partial charge in [-0.3, -0.25) is 4.79 Å². The summed E-state index contributed by atoms with van der Waals surface area (Å²) in [5.41, 5.74) is 2.45. The molecule has 0 bridgehead atoms. The fourth-order valence-electron chi connectivity index (χ4n) is 1.92. The minimum Gasteiger partial charge on any atom is -0.492 e. The van der Waals surface area contributed by atoms with E-state index in [1.807, 2.05) is 43.3 Å². The number of hydrogen-bond acceptors (Lipinski definition) is 2. The third-order valence-corrected chi connectivity index (χ3v) is 3.56. The molecule has 0 aromatic heterocycles. The van der Waals surface area contributed by atoms with Crippen molar-refractivity contribution >= 4 is 21.7 Å². The molecule has 2 rings (SSSR count). The molecule has 20 heavy (non-hydrogen) atoms. The van der Waals surface area contributed by atoms with Crippen molar-refractivity contribution in [1.82, 2.24) is 0 Å². The van der Waals surface area contributed by atoms with Gasteiger partial charge in [0.1, 0.15) is 5.75 Å². The normalized spacial score (nSPS) is 10.3. The lowest BCUT2D eigenvalue weighted by Gasteiger charge is -2.09. The molecule has 0 radical (unpaired) electrons. The van der Waals surface area contributed by atoms with Crippen LogP contribution in [0.2, 0.25) is 0 Å². The van der Waals surface area contributed by atoms with Crippen LogP contribution >= 0.6 is 15.9 Å². The van der Waals surface area contributed by atoms with Crippen LogP contribution in [0.3, 0.4) is 0 Å². The van der Waals surface area contributed by atoms with Crippen molar-refractivity contribution in [1.29, 1.82) is 0 Å². The number of rotatable bonds is 5. The molecule has 0 aliphatic carbocycles. The molecule has 0 amide bonds. The van der Waals surface area contributed by atoms with Gasteiger partial charge in [0, 0.05) is 11.1 Å². The molecule has 0 aliphatic rings. The molecule has 0 aliphatic heterocycles. The van der Waals surface area contributed by atoms with Crippen LogP contribution in [0.5, 0.6) is 5.75 Å². The molecule has 2 aromatic carbocycles. The lowest BCUT2D eigenvalue weighted by atomic mass is 10.0. The first-order chi connectivity index (χ1) is 9.61. The van der Waals surface area contributed by atoms with E-state index in [2.05, 4.69) is 22.9 Å². The third-order valence-electron chi connectivity index (χ3n) is 2.94. The zero-order valence-electron chi connectivity index (χ0n) is 11.7. The Hall–Kier alpha value is -1.61. The fourth-order valence-corrected chi connectivity index (χ4v) is 2.42. The molecule has 3 heteroatoms. The summed E-state index contributed by atoms with van der Waals surface area (Å²) in [6, 6.07) is 13.1. The van der Waals surface area contributed by atoms with E-state index in [0.29, 0.717) is 17.7 Å². The van der Waals surface area contributed by atoms with Crippen molar-refractivity contribution in [3.8, 4) is 5.75 Å². The summed E-state index contributed by atoms with van der Waals surface area (Å²) < 4.78 is 6.40. The molecule has 0 saturated heterocycles. The molecular weight excluding hydrogens is 316 g/mol. The molecule has 0 atom stereocenters. The van der Waals surface area contributed by atoms with Crippen molar-refractivity contribution in [2.24, 2.45) is 0 Å². The van der Waals surface area contributed by atoms with Crippen molar-refractivity contribution in [3.05, 3.63) is 63.6 Å². The van der Waals surface area contributed by atoms with Crippen LogP contribution in [0.25, 0.3) is 0 Å². The van der Waals surface area contributed by atoms with E-state index in [-0.39, 0.29) is 5.78 Å². The van der Waals surface area contributed by atoms with Gasteiger partial charge in [-0.2, -0.15) is 0 Å². The lowest BCUT2D eigenvalue weighted by Crippen LogP contribution is -2.02. The Morgan fingerprint density at radius 3 is 2.55 bits per heavy atom. The maximum absolute atomic E-state index is 12.4. The van der Waals surface area contributed by atoms with Gasteiger partial charge in [0.25, 0.3) is 0 Å².